The fourth-order valence-corrected chi connectivity index (χ4v) is 3.64. The summed E-state index contributed by atoms with van der Waals surface area (Å²) in [6, 6.07) is 9.36. The van der Waals surface area contributed by atoms with Crippen molar-refractivity contribution in [2.75, 3.05) is 11.9 Å². The third-order valence-corrected chi connectivity index (χ3v) is 5.26. The van der Waals surface area contributed by atoms with E-state index in [9.17, 15) is 9.59 Å². The molecule has 0 bridgehead atoms. The zero-order valence-electron chi connectivity index (χ0n) is 17.0. The van der Waals surface area contributed by atoms with Gasteiger partial charge in [0.25, 0.3) is 11.9 Å². The average molecular weight is 425 g/mol. The first-order chi connectivity index (χ1) is 15.0. The SMILES string of the molecule is CN(c1nc2ccc(Oc3ccnc(C(=O)NNC(=O)O)c3)cc2o1)C1CCCCC1. The molecular formula is C21H23N5O5. The highest BCUT2D eigenvalue weighted by atomic mass is 16.5. The second kappa shape index (κ2) is 8.90. The lowest BCUT2D eigenvalue weighted by Gasteiger charge is -2.29. The molecule has 0 radical (unpaired) electrons. The number of hydrogen-bond donors (Lipinski definition) is 3. The molecule has 1 aromatic carbocycles. The topological polar surface area (TPSA) is 130 Å². The van der Waals surface area contributed by atoms with Crippen molar-refractivity contribution in [3.8, 4) is 11.5 Å². The third-order valence-electron chi connectivity index (χ3n) is 5.26. The Bertz CT molecular complexity index is 1090. The predicted molar refractivity (Wildman–Crippen MR) is 112 cm³/mol. The highest BCUT2D eigenvalue weighted by Gasteiger charge is 2.22. The number of benzene rings is 1. The molecule has 1 fully saturated rings. The Kier molecular flexibility index (Phi) is 5.87. The van der Waals surface area contributed by atoms with Crippen LogP contribution in [0.5, 0.6) is 11.5 Å². The number of oxazole rings is 1. The van der Waals surface area contributed by atoms with Gasteiger partial charge in [0.1, 0.15) is 22.7 Å². The highest BCUT2D eigenvalue weighted by molar-refractivity contribution is 5.93. The number of carbonyl (C=O) groups is 2. The van der Waals surface area contributed by atoms with Crippen LogP contribution in [-0.2, 0) is 0 Å². The fraction of sp³-hybridized carbons (Fsp3) is 0.333. The van der Waals surface area contributed by atoms with E-state index in [0.717, 1.165) is 18.4 Å². The van der Waals surface area contributed by atoms with E-state index in [-0.39, 0.29) is 5.69 Å². The van der Waals surface area contributed by atoms with Gasteiger partial charge in [-0.15, -0.1) is 0 Å². The Hall–Kier alpha value is -3.82. The molecule has 4 rings (SSSR count). The molecule has 0 spiro atoms. The van der Waals surface area contributed by atoms with Crippen LogP contribution in [0.4, 0.5) is 10.8 Å². The lowest BCUT2D eigenvalue weighted by atomic mass is 9.95. The van der Waals surface area contributed by atoms with E-state index < -0.39 is 12.0 Å². The molecule has 10 heteroatoms. The predicted octanol–water partition coefficient (Wildman–Crippen LogP) is 3.70. The fourth-order valence-electron chi connectivity index (χ4n) is 3.64. The molecule has 31 heavy (non-hydrogen) atoms. The van der Waals surface area contributed by atoms with E-state index in [1.54, 1.807) is 23.6 Å². The minimum Gasteiger partial charge on any atom is -0.464 e. The van der Waals surface area contributed by atoms with Gasteiger partial charge in [0.2, 0.25) is 0 Å². The van der Waals surface area contributed by atoms with E-state index >= 15 is 0 Å². The first-order valence-corrected chi connectivity index (χ1v) is 10.1. The molecule has 2 amide bonds. The Morgan fingerprint density at radius 2 is 1.90 bits per heavy atom. The van der Waals surface area contributed by atoms with E-state index in [1.165, 1.54) is 31.5 Å². The standard InChI is InChI=1S/C21H23N5O5/c1-26(13-5-3-2-4-6-13)20-23-16-8-7-14(12-18(16)31-20)30-15-9-10-22-17(11-15)19(27)24-25-21(28)29/h7-13,25H,2-6H2,1H3,(H,24,27)(H,28,29). The van der Waals surface area contributed by atoms with Gasteiger partial charge in [-0.05, 0) is 31.0 Å². The number of aromatic nitrogens is 2. The Morgan fingerprint density at radius 3 is 2.68 bits per heavy atom. The molecule has 0 atom stereocenters. The number of rotatable bonds is 5. The van der Waals surface area contributed by atoms with Gasteiger partial charge in [-0.2, -0.15) is 4.98 Å². The zero-order valence-corrected chi connectivity index (χ0v) is 17.0. The summed E-state index contributed by atoms with van der Waals surface area (Å²) in [7, 11) is 2.01. The molecule has 0 aliphatic heterocycles. The quantitative estimate of drug-likeness (QED) is 0.528. The van der Waals surface area contributed by atoms with Crippen LogP contribution >= 0.6 is 0 Å². The molecular weight excluding hydrogens is 402 g/mol. The largest absolute Gasteiger partial charge is 0.464 e. The van der Waals surface area contributed by atoms with Crippen LogP contribution in [0.15, 0.2) is 40.9 Å². The summed E-state index contributed by atoms with van der Waals surface area (Å²) in [5.74, 6) is 0.180. The maximum Gasteiger partial charge on any atom is 0.423 e. The van der Waals surface area contributed by atoms with Gasteiger partial charge in [-0.25, -0.2) is 10.2 Å². The Balaban J connectivity index is 1.48. The lowest BCUT2D eigenvalue weighted by Crippen LogP contribution is -2.41. The summed E-state index contributed by atoms with van der Waals surface area (Å²) in [5, 5.41) is 8.57. The van der Waals surface area contributed by atoms with E-state index in [2.05, 4.69) is 14.9 Å². The summed E-state index contributed by atoms with van der Waals surface area (Å²) in [6.07, 6.45) is 6.04. The van der Waals surface area contributed by atoms with Crippen molar-refractivity contribution in [2.45, 2.75) is 38.1 Å². The van der Waals surface area contributed by atoms with Crippen molar-refractivity contribution in [3.63, 3.8) is 0 Å². The van der Waals surface area contributed by atoms with E-state index in [1.807, 2.05) is 18.5 Å². The Morgan fingerprint density at radius 1 is 1.13 bits per heavy atom. The number of anilines is 1. The van der Waals surface area contributed by atoms with E-state index in [0.29, 0.717) is 29.1 Å². The summed E-state index contributed by atoms with van der Waals surface area (Å²) in [5.41, 5.74) is 5.14. The number of fused-ring (bicyclic) bond motifs is 1. The minimum atomic E-state index is -1.38. The van der Waals surface area contributed by atoms with Gasteiger partial charge in [0, 0.05) is 31.4 Å². The number of amides is 2. The molecule has 0 unspecified atom stereocenters. The number of nitrogens with one attached hydrogen (secondary N) is 2. The van der Waals surface area contributed by atoms with Crippen molar-refractivity contribution < 1.29 is 23.8 Å². The summed E-state index contributed by atoms with van der Waals surface area (Å²) in [6.45, 7) is 0. The molecule has 3 aromatic rings. The van der Waals surface area contributed by atoms with Gasteiger partial charge in [0.15, 0.2) is 5.58 Å². The number of nitrogens with zero attached hydrogens (tertiary/aromatic N) is 3. The van der Waals surface area contributed by atoms with Crippen molar-refractivity contribution in [2.24, 2.45) is 0 Å². The zero-order chi connectivity index (χ0) is 21.8. The summed E-state index contributed by atoms with van der Waals surface area (Å²) >= 11 is 0. The first-order valence-electron chi connectivity index (χ1n) is 10.1. The smallest absolute Gasteiger partial charge is 0.423 e. The normalized spacial score (nSPS) is 14.2. The molecule has 1 aliphatic rings. The summed E-state index contributed by atoms with van der Waals surface area (Å²) in [4.78, 5) is 33.1. The number of hydrogen-bond acceptors (Lipinski definition) is 7. The molecule has 1 aliphatic carbocycles. The maximum atomic E-state index is 11.9. The van der Waals surface area contributed by atoms with Crippen LogP contribution in [0, 0.1) is 0 Å². The maximum absolute atomic E-state index is 11.9. The average Bonchev–Trinajstić information content (AvgIpc) is 3.21. The van der Waals surface area contributed by atoms with Crippen LogP contribution in [0.25, 0.3) is 11.1 Å². The van der Waals surface area contributed by atoms with Crippen molar-refractivity contribution in [1.82, 2.24) is 20.8 Å². The third kappa shape index (κ3) is 4.85. The van der Waals surface area contributed by atoms with Crippen LogP contribution in [-0.4, -0.2) is 40.2 Å². The van der Waals surface area contributed by atoms with Crippen molar-refractivity contribution in [1.29, 1.82) is 0 Å². The monoisotopic (exact) mass is 425 g/mol. The molecule has 1 saturated carbocycles. The van der Waals surface area contributed by atoms with E-state index in [4.69, 9.17) is 14.3 Å². The van der Waals surface area contributed by atoms with Crippen molar-refractivity contribution in [3.05, 3.63) is 42.2 Å². The minimum absolute atomic E-state index is 0.00314. The molecule has 2 heterocycles. The molecule has 3 N–H and O–H groups in total. The molecule has 0 saturated heterocycles. The number of pyridine rings is 1. The summed E-state index contributed by atoms with van der Waals surface area (Å²) < 4.78 is 11.8. The van der Waals surface area contributed by atoms with Crippen LogP contribution < -0.4 is 20.5 Å². The second-order valence-corrected chi connectivity index (χ2v) is 7.39. The van der Waals surface area contributed by atoms with Crippen LogP contribution in [0.3, 0.4) is 0 Å². The molecule has 10 nitrogen and oxygen atoms in total. The van der Waals surface area contributed by atoms with Gasteiger partial charge in [0.05, 0.1) is 0 Å². The number of hydrazine groups is 1. The number of carboxylic acid groups (broad SMARTS) is 1. The van der Waals surface area contributed by atoms with Crippen LogP contribution in [0.2, 0.25) is 0 Å². The number of ether oxygens (including phenoxy) is 1. The highest BCUT2D eigenvalue weighted by Crippen LogP contribution is 2.31. The first kappa shape index (κ1) is 20.5. The lowest BCUT2D eigenvalue weighted by molar-refractivity contribution is 0.0921. The Labute approximate surface area is 178 Å². The van der Waals surface area contributed by atoms with Gasteiger partial charge in [-0.1, -0.05) is 19.3 Å². The van der Waals surface area contributed by atoms with Gasteiger partial charge < -0.3 is 19.2 Å². The second-order valence-electron chi connectivity index (χ2n) is 7.39. The van der Waals surface area contributed by atoms with Gasteiger partial charge >= 0.3 is 6.09 Å². The molecule has 162 valence electrons. The molecule has 2 aromatic heterocycles. The van der Waals surface area contributed by atoms with Crippen molar-refractivity contribution >= 4 is 29.1 Å². The number of carbonyl (C=O) groups excluding carboxylic acids is 1. The van der Waals surface area contributed by atoms with Crippen LogP contribution in [0.1, 0.15) is 42.6 Å². The van der Waals surface area contributed by atoms with Gasteiger partial charge in [-0.3, -0.25) is 15.2 Å².